The first kappa shape index (κ1) is 30.4. The van der Waals surface area contributed by atoms with Gasteiger partial charge in [-0.25, -0.2) is 0 Å². The SMILES string of the molecule is CCCCCCCCOCOC=CCCCCCCCCCCCC(OCC)OCC. The average Bonchev–Trinajstić information content (AvgIpc) is 2.77. The van der Waals surface area contributed by atoms with E-state index in [0.717, 1.165) is 39.1 Å². The number of unbranched alkanes of at least 4 members (excludes halogenated alkanes) is 14. The summed E-state index contributed by atoms with van der Waals surface area (Å²) in [7, 11) is 0. The molecule has 0 aromatic carbocycles. The highest BCUT2D eigenvalue weighted by atomic mass is 16.7. The Bertz CT molecular complexity index is 340. The normalized spacial score (nSPS) is 11.7. The van der Waals surface area contributed by atoms with Crippen LogP contribution in [0, 0.1) is 0 Å². The van der Waals surface area contributed by atoms with Gasteiger partial charge in [0.2, 0.25) is 0 Å². The van der Waals surface area contributed by atoms with E-state index in [0.29, 0.717) is 6.79 Å². The molecule has 0 aliphatic carbocycles. The molecule has 0 radical (unpaired) electrons. The first-order chi connectivity index (χ1) is 15.3. The Kier molecular flexibility index (Phi) is 26.9. The van der Waals surface area contributed by atoms with E-state index in [4.69, 9.17) is 18.9 Å². The number of ether oxygens (including phenoxy) is 4. The third-order valence-corrected chi connectivity index (χ3v) is 5.50. The molecule has 0 N–H and O–H groups in total. The zero-order valence-corrected chi connectivity index (χ0v) is 21.2. The molecule has 0 atom stereocenters. The highest BCUT2D eigenvalue weighted by Gasteiger charge is 2.06. The van der Waals surface area contributed by atoms with E-state index in [2.05, 4.69) is 13.0 Å². The van der Waals surface area contributed by atoms with Crippen LogP contribution in [0.3, 0.4) is 0 Å². The van der Waals surface area contributed by atoms with Crippen molar-refractivity contribution in [1.29, 1.82) is 0 Å². The monoisotopic (exact) mass is 442 g/mol. The van der Waals surface area contributed by atoms with Gasteiger partial charge in [-0.2, -0.15) is 0 Å². The summed E-state index contributed by atoms with van der Waals surface area (Å²) in [5, 5.41) is 0. The largest absolute Gasteiger partial charge is 0.475 e. The highest BCUT2D eigenvalue weighted by molar-refractivity contribution is 4.72. The third-order valence-electron chi connectivity index (χ3n) is 5.50. The van der Waals surface area contributed by atoms with E-state index >= 15 is 0 Å². The molecule has 31 heavy (non-hydrogen) atoms. The van der Waals surface area contributed by atoms with E-state index in [1.807, 2.05) is 20.1 Å². The fourth-order valence-electron chi connectivity index (χ4n) is 3.66. The summed E-state index contributed by atoms with van der Waals surface area (Å²) in [6.07, 6.45) is 25.8. The van der Waals surface area contributed by atoms with Gasteiger partial charge in [0.15, 0.2) is 13.1 Å². The number of allylic oxidation sites excluding steroid dienone is 1. The van der Waals surface area contributed by atoms with Gasteiger partial charge >= 0.3 is 0 Å². The van der Waals surface area contributed by atoms with E-state index in [9.17, 15) is 0 Å². The number of hydrogen-bond donors (Lipinski definition) is 0. The Morgan fingerprint density at radius 2 is 1.16 bits per heavy atom. The van der Waals surface area contributed by atoms with Crippen LogP contribution in [0.25, 0.3) is 0 Å². The third kappa shape index (κ3) is 25.6. The zero-order chi connectivity index (χ0) is 22.7. The van der Waals surface area contributed by atoms with Gasteiger partial charge in [-0.15, -0.1) is 0 Å². The van der Waals surface area contributed by atoms with Crippen molar-refractivity contribution in [2.45, 2.75) is 136 Å². The zero-order valence-electron chi connectivity index (χ0n) is 21.2. The van der Waals surface area contributed by atoms with Gasteiger partial charge in [-0.05, 0) is 52.0 Å². The molecule has 0 bridgehead atoms. The summed E-state index contributed by atoms with van der Waals surface area (Å²) in [4.78, 5) is 0. The van der Waals surface area contributed by atoms with Crippen molar-refractivity contribution in [2.75, 3.05) is 26.6 Å². The molecular weight excluding hydrogens is 388 g/mol. The van der Waals surface area contributed by atoms with Crippen LogP contribution in [-0.4, -0.2) is 32.9 Å². The molecule has 0 aromatic rings. The topological polar surface area (TPSA) is 36.9 Å². The minimum Gasteiger partial charge on any atom is -0.475 e. The number of hydrogen-bond acceptors (Lipinski definition) is 4. The summed E-state index contributed by atoms with van der Waals surface area (Å²) in [5.41, 5.74) is 0. The van der Waals surface area contributed by atoms with Gasteiger partial charge in [-0.1, -0.05) is 84.0 Å². The van der Waals surface area contributed by atoms with Gasteiger partial charge in [0.1, 0.15) is 0 Å². The lowest BCUT2D eigenvalue weighted by Gasteiger charge is -2.16. The first-order valence-corrected chi connectivity index (χ1v) is 13.4. The molecule has 0 fully saturated rings. The summed E-state index contributed by atoms with van der Waals surface area (Å²) < 4.78 is 22.1. The van der Waals surface area contributed by atoms with Gasteiger partial charge in [0.25, 0.3) is 0 Å². The molecule has 0 aromatic heterocycles. The van der Waals surface area contributed by atoms with Crippen LogP contribution in [0.1, 0.15) is 130 Å². The van der Waals surface area contributed by atoms with E-state index in [-0.39, 0.29) is 6.29 Å². The summed E-state index contributed by atoms with van der Waals surface area (Å²) in [6, 6.07) is 0. The summed E-state index contributed by atoms with van der Waals surface area (Å²) in [6.45, 7) is 9.00. The smallest absolute Gasteiger partial charge is 0.188 e. The summed E-state index contributed by atoms with van der Waals surface area (Å²) >= 11 is 0. The maximum absolute atomic E-state index is 5.59. The lowest BCUT2D eigenvalue weighted by atomic mass is 10.1. The van der Waals surface area contributed by atoms with Crippen molar-refractivity contribution >= 4 is 0 Å². The minimum absolute atomic E-state index is 0.00656. The van der Waals surface area contributed by atoms with Crippen LogP contribution in [0.4, 0.5) is 0 Å². The van der Waals surface area contributed by atoms with Crippen LogP contribution in [0.5, 0.6) is 0 Å². The molecule has 186 valence electrons. The molecule has 0 heterocycles. The molecule has 0 saturated carbocycles. The average molecular weight is 443 g/mol. The van der Waals surface area contributed by atoms with E-state index in [1.165, 1.54) is 89.9 Å². The van der Waals surface area contributed by atoms with Gasteiger partial charge in [0, 0.05) is 13.2 Å². The predicted molar refractivity (Wildman–Crippen MR) is 132 cm³/mol. The molecule has 4 heteroatoms. The summed E-state index contributed by atoms with van der Waals surface area (Å²) in [5.74, 6) is 0. The molecular formula is C27H54O4. The van der Waals surface area contributed by atoms with Crippen molar-refractivity contribution in [2.24, 2.45) is 0 Å². The van der Waals surface area contributed by atoms with Crippen LogP contribution >= 0.6 is 0 Å². The fraction of sp³-hybridized carbons (Fsp3) is 0.926. The second-order valence-corrected chi connectivity index (χ2v) is 8.43. The molecule has 0 saturated heterocycles. The standard InChI is InChI=1S/C27H54O4/c1-4-7-8-9-18-21-24-28-26-29-25-22-19-16-14-12-10-11-13-15-17-20-23-27(30-5-2)31-6-3/h22,25,27H,4-21,23-24,26H2,1-3H3. The molecule has 0 aliphatic heterocycles. The molecule has 0 unspecified atom stereocenters. The van der Waals surface area contributed by atoms with Crippen molar-refractivity contribution < 1.29 is 18.9 Å². The first-order valence-electron chi connectivity index (χ1n) is 13.4. The molecule has 0 amide bonds. The van der Waals surface area contributed by atoms with E-state index < -0.39 is 0 Å². The van der Waals surface area contributed by atoms with Crippen LogP contribution in [-0.2, 0) is 18.9 Å². The van der Waals surface area contributed by atoms with Crippen molar-refractivity contribution in [3.63, 3.8) is 0 Å². The second kappa shape index (κ2) is 27.5. The highest BCUT2D eigenvalue weighted by Crippen LogP contribution is 2.13. The van der Waals surface area contributed by atoms with Crippen molar-refractivity contribution in [3.05, 3.63) is 12.3 Å². The predicted octanol–water partition coefficient (Wildman–Crippen LogP) is 8.54. The lowest BCUT2D eigenvalue weighted by Crippen LogP contribution is -2.17. The molecule has 4 nitrogen and oxygen atoms in total. The molecule has 0 rings (SSSR count). The second-order valence-electron chi connectivity index (χ2n) is 8.43. The molecule has 0 aliphatic rings. The Morgan fingerprint density at radius 1 is 0.613 bits per heavy atom. The van der Waals surface area contributed by atoms with Crippen molar-refractivity contribution in [3.8, 4) is 0 Å². The Morgan fingerprint density at radius 3 is 1.77 bits per heavy atom. The van der Waals surface area contributed by atoms with Crippen LogP contribution in [0.15, 0.2) is 12.3 Å². The Hall–Kier alpha value is -0.580. The lowest BCUT2D eigenvalue weighted by molar-refractivity contribution is -0.140. The van der Waals surface area contributed by atoms with E-state index in [1.54, 1.807) is 0 Å². The maximum Gasteiger partial charge on any atom is 0.188 e. The van der Waals surface area contributed by atoms with Crippen LogP contribution < -0.4 is 0 Å². The molecule has 0 spiro atoms. The maximum atomic E-state index is 5.59. The fourth-order valence-corrected chi connectivity index (χ4v) is 3.66. The Labute approximate surface area is 194 Å². The minimum atomic E-state index is 0.00656. The van der Waals surface area contributed by atoms with Crippen LogP contribution in [0.2, 0.25) is 0 Å². The van der Waals surface area contributed by atoms with Gasteiger partial charge in [0.05, 0.1) is 12.9 Å². The van der Waals surface area contributed by atoms with Crippen molar-refractivity contribution in [1.82, 2.24) is 0 Å². The quantitative estimate of drug-likeness (QED) is 0.0764. The Balaban J connectivity index is 3.19. The number of rotatable bonds is 26. The van der Waals surface area contributed by atoms with Gasteiger partial charge < -0.3 is 18.9 Å². The van der Waals surface area contributed by atoms with Gasteiger partial charge in [-0.3, -0.25) is 0 Å².